The third-order valence-corrected chi connectivity index (χ3v) is 3.21. The molecule has 0 bridgehead atoms. The number of aliphatic hydroxyl groups is 1. The number of hydrogen-bond donors (Lipinski definition) is 3. The van der Waals surface area contributed by atoms with E-state index >= 15 is 0 Å². The molecule has 23 heavy (non-hydrogen) atoms. The van der Waals surface area contributed by atoms with Gasteiger partial charge in [-0.1, -0.05) is 18.2 Å². The Kier molecular flexibility index (Phi) is 3.96. The summed E-state index contributed by atoms with van der Waals surface area (Å²) < 4.78 is 13.7. The predicted molar refractivity (Wildman–Crippen MR) is 79.1 cm³/mol. The molecular formula is C15H12FN5O2. The Morgan fingerprint density at radius 1 is 1.30 bits per heavy atom. The first-order chi connectivity index (χ1) is 11.1. The fourth-order valence-corrected chi connectivity index (χ4v) is 2.10. The van der Waals surface area contributed by atoms with Crippen molar-refractivity contribution in [3.63, 3.8) is 0 Å². The zero-order valence-electron chi connectivity index (χ0n) is 11.8. The molecular weight excluding hydrogens is 301 g/mol. The van der Waals surface area contributed by atoms with E-state index in [2.05, 4.69) is 25.4 Å². The van der Waals surface area contributed by atoms with Crippen LogP contribution in [0.25, 0.3) is 5.76 Å². The Morgan fingerprint density at radius 3 is 2.87 bits per heavy atom. The van der Waals surface area contributed by atoms with Gasteiger partial charge in [-0.15, -0.1) is 0 Å². The van der Waals surface area contributed by atoms with Crippen LogP contribution in [0, 0.1) is 5.82 Å². The van der Waals surface area contributed by atoms with Crippen molar-refractivity contribution < 1.29 is 14.3 Å². The number of nitrogens with one attached hydrogen (secondary N) is 2. The Balaban J connectivity index is 1.85. The van der Waals surface area contributed by atoms with E-state index in [1.165, 1.54) is 18.6 Å². The van der Waals surface area contributed by atoms with Crippen LogP contribution in [0.3, 0.4) is 0 Å². The normalized spacial score (nSPS) is 11.6. The Morgan fingerprint density at radius 2 is 2.13 bits per heavy atom. The molecule has 0 amide bonds. The number of H-pyrrole nitrogens is 2. The lowest BCUT2D eigenvalue weighted by atomic mass is 10.0. The SMILES string of the molecule is O=C(C=C(O)c1nc[nH]n1)c1[nH]ncc1Cc1ccccc1F. The van der Waals surface area contributed by atoms with Gasteiger partial charge in [-0.25, -0.2) is 9.37 Å². The summed E-state index contributed by atoms with van der Waals surface area (Å²) in [7, 11) is 0. The number of ketones is 1. The van der Waals surface area contributed by atoms with Gasteiger partial charge in [-0.3, -0.25) is 15.0 Å². The minimum atomic E-state index is -0.504. The van der Waals surface area contributed by atoms with Crippen molar-refractivity contribution in [1.82, 2.24) is 25.4 Å². The standard InChI is InChI=1S/C15H12FN5O2/c16-11-4-2-1-3-9(11)5-10-7-18-20-14(10)12(22)6-13(23)15-17-8-19-21-15/h1-4,6-8,23H,5H2,(H,18,20)(H,17,19,21). The van der Waals surface area contributed by atoms with Gasteiger partial charge < -0.3 is 5.11 Å². The highest BCUT2D eigenvalue weighted by atomic mass is 19.1. The third kappa shape index (κ3) is 3.15. The zero-order valence-corrected chi connectivity index (χ0v) is 11.8. The molecule has 2 heterocycles. The molecule has 1 aromatic carbocycles. The summed E-state index contributed by atoms with van der Waals surface area (Å²) in [5.41, 5.74) is 1.15. The number of aliphatic hydroxyl groups excluding tert-OH is 1. The number of nitrogens with zero attached hydrogens (tertiary/aromatic N) is 3. The van der Waals surface area contributed by atoms with Crippen molar-refractivity contribution in [3.8, 4) is 0 Å². The lowest BCUT2D eigenvalue weighted by Gasteiger charge is -2.03. The lowest BCUT2D eigenvalue weighted by Crippen LogP contribution is -2.03. The van der Waals surface area contributed by atoms with Gasteiger partial charge in [0.1, 0.15) is 17.8 Å². The van der Waals surface area contributed by atoms with Gasteiger partial charge in [-0.2, -0.15) is 10.2 Å². The summed E-state index contributed by atoms with van der Waals surface area (Å²) in [6.45, 7) is 0. The number of allylic oxidation sites excluding steroid dienone is 1. The molecule has 116 valence electrons. The fourth-order valence-electron chi connectivity index (χ4n) is 2.10. The first-order valence-corrected chi connectivity index (χ1v) is 6.72. The van der Waals surface area contributed by atoms with Crippen LogP contribution < -0.4 is 0 Å². The molecule has 2 aromatic heterocycles. The van der Waals surface area contributed by atoms with Gasteiger partial charge in [0.15, 0.2) is 5.76 Å². The van der Waals surface area contributed by atoms with Crippen molar-refractivity contribution >= 4 is 11.5 Å². The monoisotopic (exact) mass is 313 g/mol. The molecule has 0 spiro atoms. The molecule has 0 aliphatic carbocycles. The minimum absolute atomic E-state index is 0.00789. The minimum Gasteiger partial charge on any atom is -0.504 e. The average Bonchev–Trinajstić information content (AvgIpc) is 3.20. The van der Waals surface area contributed by atoms with Crippen LogP contribution in [0.5, 0.6) is 0 Å². The van der Waals surface area contributed by atoms with Crippen LogP contribution in [-0.2, 0) is 6.42 Å². The van der Waals surface area contributed by atoms with E-state index in [0.717, 1.165) is 6.08 Å². The maximum Gasteiger partial charge on any atom is 0.215 e. The quantitative estimate of drug-likeness (QED) is 0.379. The molecule has 0 aliphatic heterocycles. The number of rotatable bonds is 5. The van der Waals surface area contributed by atoms with Crippen molar-refractivity contribution in [1.29, 1.82) is 0 Å². The van der Waals surface area contributed by atoms with Crippen LogP contribution in [0.1, 0.15) is 27.4 Å². The second-order valence-electron chi connectivity index (χ2n) is 4.75. The second-order valence-corrected chi connectivity index (χ2v) is 4.75. The molecule has 0 unspecified atom stereocenters. The van der Waals surface area contributed by atoms with Gasteiger partial charge in [0, 0.05) is 18.1 Å². The Labute approximate surface area is 129 Å². The summed E-state index contributed by atoms with van der Waals surface area (Å²) in [4.78, 5) is 16.0. The molecule has 8 heteroatoms. The van der Waals surface area contributed by atoms with Gasteiger partial charge in [-0.05, 0) is 11.6 Å². The molecule has 0 radical (unpaired) electrons. The van der Waals surface area contributed by atoms with E-state index < -0.39 is 5.78 Å². The summed E-state index contributed by atoms with van der Waals surface area (Å²) >= 11 is 0. The second kappa shape index (κ2) is 6.22. The highest BCUT2D eigenvalue weighted by Gasteiger charge is 2.16. The van der Waals surface area contributed by atoms with Crippen LogP contribution in [-0.4, -0.2) is 36.3 Å². The first-order valence-electron chi connectivity index (χ1n) is 6.72. The molecule has 3 N–H and O–H groups in total. The highest BCUT2D eigenvalue weighted by Crippen LogP contribution is 2.16. The highest BCUT2D eigenvalue weighted by molar-refractivity contribution is 6.07. The van der Waals surface area contributed by atoms with E-state index in [0.29, 0.717) is 11.1 Å². The summed E-state index contributed by atoms with van der Waals surface area (Å²) in [6.07, 6.45) is 3.93. The number of carbonyl (C=O) groups excluding carboxylic acids is 1. The third-order valence-electron chi connectivity index (χ3n) is 3.21. The van der Waals surface area contributed by atoms with E-state index in [1.807, 2.05) is 0 Å². The number of halogens is 1. The molecule has 3 aromatic rings. The van der Waals surface area contributed by atoms with Gasteiger partial charge in [0.25, 0.3) is 0 Å². The number of aromatic nitrogens is 5. The van der Waals surface area contributed by atoms with E-state index in [9.17, 15) is 14.3 Å². The van der Waals surface area contributed by atoms with Gasteiger partial charge in [0.2, 0.25) is 11.6 Å². The fraction of sp³-hybridized carbons (Fsp3) is 0.0667. The molecule has 0 aliphatic rings. The van der Waals surface area contributed by atoms with Crippen molar-refractivity contribution in [2.45, 2.75) is 6.42 Å². The van der Waals surface area contributed by atoms with Gasteiger partial charge >= 0.3 is 0 Å². The summed E-state index contributed by atoms with van der Waals surface area (Å²) in [5.74, 6) is -1.22. The number of aromatic amines is 2. The molecule has 0 saturated carbocycles. The van der Waals surface area contributed by atoms with E-state index in [1.54, 1.807) is 18.2 Å². The maximum absolute atomic E-state index is 13.7. The van der Waals surface area contributed by atoms with Gasteiger partial charge in [0.05, 0.1) is 6.20 Å². The molecule has 7 nitrogen and oxygen atoms in total. The summed E-state index contributed by atoms with van der Waals surface area (Å²) in [6, 6.07) is 6.30. The maximum atomic E-state index is 13.7. The predicted octanol–water partition coefficient (Wildman–Crippen LogP) is 2.04. The van der Waals surface area contributed by atoms with Crippen molar-refractivity contribution in [2.24, 2.45) is 0 Å². The molecule has 0 saturated heterocycles. The first kappa shape index (κ1) is 14.6. The number of benzene rings is 1. The largest absolute Gasteiger partial charge is 0.504 e. The Bertz CT molecular complexity index is 854. The lowest BCUT2D eigenvalue weighted by molar-refractivity contribution is 0.104. The zero-order chi connectivity index (χ0) is 16.2. The number of hydrogen-bond acceptors (Lipinski definition) is 5. The van der Waals surface area contributed by atoms with Crippen LogP contribution in [0.4, 0.5) is 4.39 Å². The van der Waals surface area contributed by atoms with E-state index in [-0.39, 0.29) is 29.5 Å². The van der Waals surface area contributed by atoms with Crippen molar-refractivity contribution in [2.75, 3.05) is 0 Å². The van der Waals surface area contributed by atoms with Crippen LogP contribution in [0.15, 0.2) is 42.9 Å². The van der Waals surface area contributed by atoms with Crippen LogP contribution >= 0.6 is 0 Å². The van der Waals surface area contributed by atoms with E-state index in [4.69, 9.17) is 0 Å². The van der Waals surface area contributed by atoms with Crippen molar-refractivity contribution in [3.05, 3.63) is 71.3 Å². The average molecular weight is 313 g/mol. The molecule has 0 atom stereocenters. The molecule has 0 fully saturated rings. The number of carbonyl (C=O) groups is 1. The Hall–Kier alpha value is -3.29. The molecule has 3 rings (SSSR count). The smallest absolute Gasteiger partial charge is 0.215 e. The van der Waals surface area contributed by atoms with Crippen LogP contribution in [0.2, 0.25) is 0 Å². The topological polar surface area (TPSA) is 108 Å². The summed E-state index contributed by atoms with van der Waals surface area (Å²) in [5, 5.41) is 22.3.